The van der Waals surface area contributed by atoms with Gasteiger partial charge in [-0.2, -0.15) is 4.99 Å². The average Bonchev–Trinajstić information content (AvgIpc) is 2.76. The lowest BCUT2D eigenvalue weighted by Gasteiger charge is -2.35. The Balaban J connectivity index is 1.90. The van der Waals surface area contributed by atoms with E-state index in [-0.39, 0.29) is 25.1 Å². The van der Waals surface area contributed by atoms with Crippen LogP contribution in [0.1, 0.15) is 45.6 Å². The van der Waals surface area contributed by atoms with Gasteiger partial charge in [-0.3, -0.25) is 10.1 Å². The SMILES string of the molecule is CC(C)(C)OC(=O)NC(CO)CC1CCCN(C(=NC=O)NC(=O)OCc2ccccc2)C1. The molecule has 1 aromatic carbocycles. The highest BCUT2D eigenvalue weighted by Gasteiger charge is 2.27. The molecule has 1 saturated heterocycles. The summed E-state index contributed by atoms with van der Waals surface area (Å²) in [6, 6.07) is 8.77. The molecule has 2 rings (SSSR count). The van der Waals surface area contributed by atoms with E-state index in [1.807, 2.05) is 30.3 Å². The van der Waals surface area contributed by atoms with Gasteiger partial charge in [-0.25, -0.2) is 9.59 Å². The molecule has 0 saturated carbocycles. The van der Waals surface area contributed by atoms with E-state index >= 15 is 0 Å². The molecule has 0 radical (unpaired) electrons. The number of carbonyl (C=O) groups excluding carboxylic acids is 3. The number of nitrogens with zero attached hydrogens (tertiary/aromatic N) is 2. The minimum Gasteiger partial charge on any atom is -0.444 e. The Kier molecular flexibility index (Phi) is 10.1. The molecule has 2 atom stereocenters. The largest absolute Gasteiger partial charge is 0.444 e. The number of aliphatic hydroxyl groups is 1. The molecule has 0 bridgehead atoms. The van der Waals surface area contributed by atoms with Crippen LogP contribution in [-0.4, -0.2) is 65.9 Å². The van der Waals surface area contributed by atoms with Crippen molar-refractivity contribution >= 4 is 24.6 Å². The van der Waals surface area contributed by atoms with Gasteiger partial charge in [0, 0.05) is 13.1 Å². The molecule has 0 spiro atoms. The second-order valence-corrected chi connectivity index (χ2v) is 8.96. The number of rotatable bonds is 7. The van der Waals surface area contributed by atoms with Gasteiger partial charge in [0.25, 0.3) is 0 Å². The van der Waals surface area contributed by atoms with Gasteiger partial charge in [-0.1, -0.05) is 30.3 Å². The number of guanidine groups is 1. The minimum absolute atomic E-state index is 0.0954. The fourth-order valence-corrected chi connectivity index (χ4v) is 3.60. The molecule has 10 heteroatoms. The fourth-order valence-electron chi connectivity index (χ4n) is 3.60. The van der Waals surface area contributed by atoms with Gasteiger partial charge < -0.3 is 24.8 Å². The predicted octanol–water partition coefficient (Wildman–Crippen LogP) is 2.41. The van der Waals surface area contributed by atoms with Crippen LogP contribution in [-0.2, 0) is 20.9 Å². The lowest BCUT2D eigenvalue weighted by molar-refractivity contribution is -0.106. The van der Waals surface area contributed by atoms with Crippen molar-refractivity contribution in [2.75, 3.05) is 19.7 Å². The summed E-state index contributed by atoms with van der Waals surface area (Å²) in [5.41, 5.74) is 0.208. The Morgan fingerprint density at radius 2 is 2.00 bits per heavy atom. The third-order valence-electron chi connectivity index (χ3n) is 4.98. The number of likely N-dealkylation sites (tertiary alicyclic amines) is 1. The number of alkyl carbamates (subject to hydrolysis) is 2. The number of aliphatic hydroxyl groups excluding tert-OH is 1. The van der Waals surface area contributed by atoms with Crippen molar-refractivity contribution in [3.05, 3.63) is 35.9 Å². The van der Waals surface area contributed by atoms with Crippen molar-refractivity contribution in [2.24, 2.45) is 10.9 Å². The lowest BCUT2D eigenvalue weighted by atomic mass is 9.91. The first kappa shape index (κ1) is 26.1. The highest BCUT2D eigenvalue weighted by atomic mass is 16.6. The summed E-state index contributed by atoms with van der Waals surface area (Å²) in [6.07, 6.45) is 1.27. The molecule has 3 amide bonds. The summed E-state index contributed by atoms with van der Waals surface area (Å²) >= 11 is 0. The average molecular weight is 463 g/mol. The third-order valence-corrected chi connectivity index (χ3v) is 4.98. The number of aliphatic imine (C=N–C) groups is 1. The highest BCUT2D eigenvalue weighted by molar-refractivity contribution is 5.96. The van der Waals surface area contributed by atoms with E-state index < -0.39 is 23.8 Å². The molecule has 0 aliphatic carbocycles. The van der Waals surface area contributed by atoms with Gasteiger partial charge in [-0.15, -0.1) is 0 Å². The van der Waals surface area contributed by atoms with Crippen molar-refractivity contribution in [2.45, 2.75) is 58.3 Å². The maximum atomic E-state index is 12.2. The first-order chi connectivity index (χ1) is 15.7. The molecule has 182 valence electrons. The van der Waals surface area contributed by atoms with Crippen LogP contribution in [0.15, 0.2) is 35.3 Å². The molecule has 3 N–H and O–H groups in total. The van der Waals surface area contributed by atoms with Crippen molar-refractivity contribution < 1.29 is 29.0 Å². The van der Waals surface area contributed by atoms with Crippen molar-refractivity contribution in [3.8, 4) is 0 Å². The summed E-state index contributed by atoms with van der Waals surface area (Å²) in [6.45, 7) is 6.28. The van der Waals surface area contributed by atoms with Crippen LogP contribution in [0, 0.1) is 5.92 Å². The van der Waals surface area contributed by atoms with Gasteiger partial charge in [0.2, 0.25) is 12.4 Å². The molecule has 1 heterocycles. The van der Waals surface area contributed by atoms with Crippen molar-refractivity contribution in [3.63, 3.8) is 0 Å². The second kappa shape index (κ2) is 12.8. The van der Waals surface area contributed by atoms with Gasteiger partial charge in [0.15, 0.2) is 0 Å². The molecule has 1 fully saturated rings. The van der Waals surface area contributed by atoms with Crippen LogP contribution in [0.25, 0.3) is 0 Å². The molecule has 1 aliphatic rings. The first-order valence-corrected chi connectivity index (χ1v) is 11.0. The van der Waals surface area contributed by atoms with E-state index in [4.69, 9.17) is 9.47 Å². The maximum Gasteiger partial charge on any atom is 0.414 e. The van der Waals surface area contributed by atoms with Gasteiger partial charge in [-0.05, 0) is 51.5 Å². The van der Waals surface area contributed by atoms with Crippen LogP contribution in [0.5, 0.6) is 0 Å². The van der Waals surface area contributed by atoms with E-state index in [0.29, 0.717) is 25.9 Å². The van der Waals surface area contributed by atoms with E-state index in [0.717, 1.165) is 18.4 Å². The highest BCUT2D eigenvalue weighted by Crippen LogP contribution is 2.21. The molecular formula is C23H34N4O6. The zero-order valence-electron chi connectivity index (χ0n) is 19.5. The Bertz CT molecular complexity index is 809. The number of carbonyl (C=O) groups is 3. The Morgan fingerprint density at radius 1 is 1.27 bits per heavy atom. The lowest BCUT2D eigenvalue weighted by Crippen LogP contribution is -2.50. The monoisotopic (exact) mass is 462 g/mol. The molecule has 33 heavy (non-hydrogen) atoms. The molecule has 2 unspecified atom stereocenters. The second-order valence-electron chi connectivity index (χ2n) is 8.96. The number of piperidine rings is 1. The first-order valence-electron chi connectivity index (χ1n) is 11.0. The summed E-state index contributed by atoms with van der Waals surface area (Å²) < 4.78 is 10.5. The summed E-state index contributed by atoms with van der Waals surface area (Å²) in [4.78, 5) is 40.9. The van der Waals surface area contributed by atoms with Crippen LogP contribution < -0.4 is 10.6 Å². The normalized spacial score (nSPS) is 17.6. The van der Waals surface area contributed by atoms with Gasteiger partial charge in [0.05, 0.1) is 12.6 Å². The van der Waals surface area contributed by atoms with Crippen LogP contribution in [0.2, 0.25) is 0 Å². The van der Waals surface area contributed by atoms with E-state index in [9.17, 15) is 19.5 Å². The van der Waals surface area contributed by atoms with Gasteiger partial charge in [0.1, 0.15) is 12.2 Å². The number of hydrogen-bond acceptors (Lipinski definition) is 6. The molecule has 1 aromatic rings. The topological polar surface area (TPSA) is 130 Å². The van der Waals surface area contributed by atoms with Crippen LogP contribution in [0.4, 0.5) is 9.59 Å². The number of amides is 3. The number of hydrogen-bond donors (Lipinski definition) is 3. The molecule has 0 aromatic heterocycles. The third kappa shape index (κ3) is 9.90. The van der Waals surface area contributed by atoms with E-state index in [1.165, 1.54) is 0 Å². The predicted molar refractivity (Wildman–Crippen MR) is 122 cm³/mol. The number of benzene rings is 1. The van der Waals surface area contributed by atoms with E-state index in [2.05, 4.69) is 15.6 Å². The van der Waals surface area contributed by atoms with Crippen LogP contribution in [0.3, 0.4) is 0 Å². The van der Waals surface area contributed by atoms with Crippen molar-refractivity contribution in [1.29, 1.82) is 0 Å². The summed E-state index contributed by atoms with van der Waals surface area (Å²) in [5.74, 6) is 0.221. The number of nitrogens with one attached hydrogen (secondary N) is 2. The minimum atomic E-state index is -0.707. The number of ether oxygens (including phenoxy) is 2. The standard InChI is InChI=1S/C23H34N4O6/c1-23(2,3)33-22(31)25-19(14-28)12-18-10-7-11-27(13-18)20(24-16-29)26-21(30)32-15-17-8-5-4-6-9-17/h4-6,8-9,16,18-19,28H,7,10-15H2,1-3H3,(H,25,31)(H,24,26,29,30). The molecule has 1 aliphatic heterocycles. The summed E-state index contributed by atoms with van der Waals surface area (Å²) in [5, 5.41) is 15.0. The summed E-state index contributed by atoms with van der Waals surface area (Å²) in [7, 11) is 0. The quantitative estimate of drug-likeness (QED) is 0.322. The fraction of sp³-hybridized carbons (Fsp3) is 0.565. The van der Waals surface area contributed by atoms with Crippen molar-refractivity contribution in [1.82, 2.24) is 15.5 Å². The van der Waals surface area contributed by atoms with E-state index in [1.54, 1.807) is 25.7 Å². The molecular weight excluding hydrogens is 428 g/mol. The molecule has 10 nitrogen and oxygen atoms in total. The maximum absolute atomic E-state index is 12.2. The smallest absolute Gasteiger partial charge is 0.414 e. The van der Waals surface area contributed by atoms with Gasteiger partial charge >= 0.3 is 12.2 Å². The zero-order chi connectivity index (χ0) is 24.3. The zero-order valence-corrected chi connectivity index (χ0v) is 19.5. The van der Waals surface area contributed by atoms with Crippen LogP contribution >= 0.6 is 0 Å². The Morgan fingerprint density at radius 3 is 2.64 bits per heavy atom. The Labute approximate surface area is 194 Å². The Hall–Kier alpha value is -3.14.